The predicted molar refractivity (Wildman–Crippen MR) is 118 cm³/mol. The average molecular weight is 445 g/mol. The Morgan fingerprint density at radius 1 is 1.00 bits per heavy atom. The first kappa shape index (κ1) is 21.7. The van der Waals surface area contributed by atoms with Crippen LogP contribution >= 0.6 is 11.6 Å². The van der Waals surface area contributed by atoms with E-state index >= 15 is 0 Å². The Balaban J connectivity index is 1.84. The molecular formula is C22H21ClN2O4S. The van der Waals surface area contributed by atoms with E-state index in [9.17, 15) is 13.2 Å². The molecule has 6 nitrogen and oxygen atoms in total. The zero-order chi connectivity index (χ0) is 21.7. The first-order chi connectivity index (χ1) is 14.3. The van der Waals surface area contributed by atoms with E-state index in [1.807, 2.05) is 19.1 Å². The van der Waals surface area contributed by atoms with Crippen molar-refractivity contribution >= 4 is 33.2 Å². The number of rotatable bonds is 7. The van der Waals surface area contributed by atoms with E-state index in [0.717, 1.165) is 5.56 Å². The highest BCUT2D eigenvalue weighted by molar-refractivity contribution is 7.92. The molecule has 0 aliphatic carbocycles. The van der Waals surface area contributed by atoms with Gasteiger partial charge in [0.15, 0.2) is 0 Å². The molecule has 0 heterocycles. The maximum Gasteiger partial charge on any atom is 0.261 e. The lowest BCUT2D eigenvalue weighted by Crippen LogP contribution is -2.28. The highest BCUT2D eigenvalue weighted by atomic mass is 35.5. The number of sulfonamides is 1. The molecule has 0 spiro atoms. The van der Waals surface area contributed by atoms with E-state index in [0.29, 0.717) is 10.8 Å². The lowest BCUT2D eigenvalue weighted by molar-refractivity contribution is 0.0941. The minimum Gasteiger partial charge on any atom is -0.497 e. The van der Waals surface area contributed by atoms with Gasteiger partial charge in [-0.15, -0.1) is 0 Å². The summed E-state index contributed by atoms with van der Waals surface area (Å²) in [5.74, 6) is 0.260. The molecule has 0 radical (unpaired) electrons. The quantitative estimate of drug-likeness (QED) is 0.556. The summed E-state index contributed by atoms with van der Waals surface area (Å²) in [5.41, 5.74) is 1.14. The number of benzene rings is 3. The highest BCUT2D eigenvalue weighted by Gasteiger charge is 2.20. The number of ether oxygens (including phenoxy) is 1. The van der Waals surface area contributed by atoms with E-state index in [-0.39, 0.29) is 22.2 Å². The smallest absolute Gasteiger partial charge is 0.261 e. The molecule has 0 saturated heterocycles. The molecule has 30 heavy (non-hydrogen) atoms. The normalized spacial score (nSPS) is 12.1. The Bertz CT molecular complexity index is 1130. The van der Waals surface area contributed by atoms with Crippen molar-refractivity contribution < 1.29 is 17.9 Å². The van der Waals surface area contributed by atoms with Crippen LogP contribution < -0.4 is 14.8 Å². The number of hydrogen-bond donors (Lipinski definition) is 2. The van der Waals surface area contributed by atoms with E-state index in [1.165, 1.54) is 30.3 Å². The van der Waals surface area contributed by atoms with Gasteiger partial charge < -0.3 is 10.1 Å². The van der Waals surface area contributed by atoms with Gasteiger partial charge in [0.25, 0.3) is 15.9 Å². The third kappa shape index (κ3) is 5.11. The lowest BCUT2D eigenvalue weighted by atomic mass is 10.1. The van der Waals surface area contributed by atoms with Crippen LogP contribution in [-0.2, 0) is 10.0 Å². The Labute approximate surface area is 180 Å². The topological polar surface area (TPSA) is 84.5 Å². The lowest BCUT2D eigenvalue weighted by Gasteiger charge is -2.17. The molecule has 0 aliphatic heterocycles. The van der Waals surface area contributed by atoms with Crippen molar-refractivity contribution in [1.29, 1.82) is 0 Å². The first-order valence-electron chi connectivity index (χ1n) is 9.12. The molecule has 2 N–H and O–H groups in total. The van der Waals surface area contributed by atoms with Crippen LogP contribution in [0.15, 0.2) is 77.7 Å². The minimum absolute atomic E-state index is 0.0953. The fraction of sp³-hybridized carbons (Fsp3) is 0.136. The van der Waals surface area contributed by atoms with Crippen LogP contribution in [0.1, 0.15) is 28.9 Å². The molecule has 3 aromatic rings. The number of nitrogens with one attached hydrogen (secondary N) is 2. The molecule has 3 rings (SSSR count). The molecular weight excluding hydrogens is 424 g/mol. The summed E-state index contributed by atoms with van der Waals surface area (Å²) in [4.78, 5) is 13.0. The second kappa shape index (κ2) is 9.19. The number of amides is 1. The molecule has 0 fully saturated rings. The minimum atomic E-state index is -3.86. The van der Waals surface area contributed by atoms with Crippen LogP contribution in [0.25, 0.3) is 0 Å². The zero-order valence-corrected chi connectivity index (χ0v) is 18.0. The van der Waals surface area contributed by atoms with Gasteiger partial charge >= 0.3 is 0 Å². The fourth-order valence-electron chi connectivity index (χ4n) is 2.85. The van der Waals surface area contributed by atoms with Crippen molar-refractivity contribution in [2.24, 2.45) is 0 Å². The van der Waals surface area contributed by atoms with Crippen molar-refractivity contribution in [3.8, 4) is 5.75 Å². The highest BCUT2D eigenvalue weighted by Crippen LogP contribution is 2.25. The first-order valence-corrected chi connectivity index (χ1v) is 11.0. The van der Waals surface area contributed by atoms with Gasteiger partial charge in [-0.1, -0.05) is 41.9 Å². The third-order valence-electron chi connectivity index (χ3n) is 4.49. The second-order valence-corrected chi connectivity index (χ2v) is 8.70. The van der Waals surface area contributed by atoms with Crippen molar-refractivity contribution in [2.45, 2.75) is 17.9 Å². The molecule has 0 aromatic heterocycles. The number of carbonyl (C=O) groups is 1. The predicted octanol–water partition coefficient (Wildman–Crippen LogP) is 4.64. The number of halogens is 1. The van der Waals surface area contributed by atoms with E-state index < -0.39 is 15.9 Å². The van der Waals surface area contributed by atoms with Crippen molar-refractivity contribution in [3.63, 3.8) is 0 Å². The van der Waals surface area contributed by atoms with Crippen LogP contribution in [-0.4, -0.2) is 21.4 Å². The molecule has 156 valence electrons. The van der Waals surface area contributed by atoms with E-state index in [1.54, 1.807) is 37.4 Å². The summed E-state index contributed by atoms with van der Waals surface area (Å²) in [6.45, 7) is 1.83. The average Bonchev–Trinajstić information content (AvgIpc) is 2.75. The van der Waals surface area contributed by atoms with Crippen LogP contribution in [0.2, 0.25) is 5.02 Å². The Morgan fingerprint density at radius 3 is 2.30 bits per heavy atom. The van der Waals surface area contributed by atoms with Gasteiger partial charge in [-0.05, 0) is 55.0 Å². The fourth-order valence-corrected chi connectivity index (χ4v) is 4.12. The molecule has 0 bridgehead atoms. The largest absolute Gasteiger partial charge is 0.497 e. The van der Waals surface area contributed by atoms with Gasteiger partial charge in [-0.2, -0.15) is 0 Å². The Morgan fingerprint density at radius 2 is 1.67 bits per heavy atom. The summed E-state index contributed by atoms with van der Waals surface area (Å²) >= 11 is 6.06. The monoisotopic (exact) mass is 444 g/mol. The second-order valence-electron chi connectivity index (χ2n) is 6.58. The van der Waals surface area contributed by atoms with Crippen LogP contribution in [0.5, 0.6) is 5.75 Å². The van der Waals surface area contributed by atoms with Crippen LogP contribution in [0, 0.1) is 0 Å². The summed E-state index contributed by atoms with van der Waals surface area (Å²) in [6.07, 6.45) is 0. The van der Waals surface area contributed by atoms with Crippen molar-refractivity contribution in [2.75, 3.05) is 11.8 Å². The molecule has 8 heteroatoms. The van der Waals surface area contributed by atoms with Crippen molar-refractivity contribution in [3.05, 3.63) is 88.9 Å². The molecule has 0 saturated carbocycles. The molecule has 3 aromatic carbocycles. The van der Waals surface area contributed by atoms with E-state index in [4.69, 9.17) is 16.3 Å². The number of anilines is 1. The number of hydrogen-bond acceptors (Lipinski definition) is 4. The molecule has 1 atom stereocenters. The molecule has 0 unspecified atom stereocenters. The maximum atomic E-state index is 12.9. The van der Waals surface area contributed by atoms with Gasteiger partial charge in [0, 0.05) is 5.02 Å². The molecule has 1 amide bonds. The maximum absolute atomic E-state index is 12.9. The number of methoxy groups -OCH3 is 1. The van der Waals surface area contributed by atoms with Gasteiger partial charge in [0.1, 0.15) is 5.75 Å². The summed E-state index contributed by atoms with van der Waals surface area (Å²) < 4.78 is 33.0. The van der Waals surface area contributed by atoms with Crippen LogP contribution in [0.3, 0.4) is 0 Å². The van der Waals surface area contributed by atoms with Gasteiger partial charge in [0.2, 0.25) is 0 Å². The Hall–Kier alpha value is -3.03. The SMILES string of the molecule is COc1ccc([C@@H](C)NC(=O)c2cc(Cl)ccc2NS(=O)(=O)c2ccccc2)cc1. The zero-order valence-electron chi connectivity index (χ0n) is 16.4. The van der Waals surface area contributed by atoms with Crippen molar-refractivity contribution in [1.82, 2.24) is 5.32 Å². The summed E-state index contributed by atoms with van der Waals surface area (Å²) in [7, 11) is -2.28. The summed E-state index contributed by atoms with van der Waals surface area (Å²) in [6, 6.07) is 19.3. The van der Waals surface area contributed by atoms with Gasteiger partial charge in [-0.3, -0.25) is 9.52 Å². The van der Waals surface area contributed by atoms with E-state index in [2.05, 4.69) is 10.0 Å². The van der Waals surface area contributed by atoms with Crippen LogP contribution in [0.4, 0.5) is 5.69 Å². The van der Waals surface area contributed by atoms with Gasteiger partial charge in [0.05, 0.1) is 29.3 Å². The number of carbonyl (C=O) groups excluding carboxylic acids is 1. The Kier molecular flexibility index (Phi) is 6.64. The molecule has 0 aliphatic rings. The standard InChI is InChI=1S/C22H21ClN2O4S/c1-15(16-8-11-18(29-2)12-9-16)24-22(26)20-14-17(23)10-13-21(20)25-30(27,28)19-6-4-3-5-7-19/h3-15,25H,1-2H3,(H,24,26)/t15-/m1/s1. The third-order valence-corrected chi connectivity index (χ3v) is 6.10. The van der Waals surface area contributed by atoms with Gasteiger partial charge in [-0.25, -0.2) is 8.42 Å². The summed E-state index contributed by atoms with van der Waals surface area (Å²) in [5, 5.41) is 3.19.